The Morgan fingerprint density at radius 1 is 1.07 bits per heavy atom. The van der Waals surface area contributed by atoms with Gasteiger partial charge in [0.25, 0.3) is 0 Å². The average molecular weight is 622 g/mol. The quantitative estimate of drug-likeness (QED) is 0.109. The zero-order valence-corrected chi connectivity index (χ0v) is 24.9. The first-order valence-electron chi connectivity index (χ1n) is 14.5. The van der Waals surface area contributed by atoms with Gasteiger partial charge in [-0.05, 0) is 74.0 Å². The molecular formula is C29H42BF3N6O5. The molecule has 44 heavy (non-hydrogen) atoms. The van der Waals surface area contributed by atoms with Crippen molar-refractivity contribution in [3.05, 3.63) is 59.2 Å². The van der Waals surface area contributed by atoms with E-state index in [9.17, 15) is 32.9 Å². The van der Waals surface area contributed by atoms with Crippen LogP contribution in [0.3, 0.4) is 0 Å². The number of rotatable bonds is 15. The Morgan fingerprint density at radius 3 is 2.30 bits per heavy atom. The molecule has 3 atom stereocenters. The molecule has 3 rings (SSSR count). The van der Waals surface area contributed by atoms with Crippen LogP contribution >= 0.6 is 0 Å². The van der Waals surface area contributed by atoms with E-state index in [1.165, 1.54) is 17.0 Å². The maximum absolute atomic E-state index is 13.1. The predicted molar refractivity (Wildman–Crippen MR) is 161 cm³/mol. The third kappa shape index (κ3) is 9.40. The SMILES string of the molecule is CC1(C)OB(O)c2cc(NC(O)[C@@H](CCc3ccc(C(F)(F)F)cc3)NC(=O)[C@@H](N)CCC(=O)N(CCN)CCN)ccc21. The predicted octanol–water partition coefficient (Wildman–Crippen LogP) is 0.360. The number of fused-ring (bicyclic) bond motifs is 1. The molecule has 2 aromatic rings. The number of halogens is 3. The lowest BCUT2D eigenvalue weighted by atomic mass is 9.78. The van der Waals surface area contributed by atoms with E-state index in [1.807, 2.05) is 13.8 Å². The molecule has 0 bridgehead atoms. The largest absolute Gasteiger partial charge is 0.492 e. The van der Waals surface area contributed by atoms with E-state index in [2.05, 4.69) is 10.6 Å². The zero-order chi connectivity index (χ0) is 32.7. The first-order chi connectivity index (χ1) is 20.7. The normalized spacial score (nSPS) is 16.2. The molecular weight excluding hydrogens is 580 g/mol. The lowest BCUT2D eigenvalue weighted by Gasteiger charge is -2.28. The molecule has 1 aliphatic rings. The summed E-state index contributed by atoms with van der Waals surface area (Å²) in [5.74, 6) is -0.851. The fourth-order valence-electron chi connectivity index (χ4n) is 5.10. The highest BCUT2D eigenvalue weighted by atomic mass is 19.4. The zero-order valence-electron chi connectivity index (χ0n) is 24.9. The molecule has 2 amide bonds. The van der Waals surface area contributed by atoms with Crippen molar-refractivity contribution in [2.45, 2.75) is 69.6 Å². The highest BCUT2D eigenvalue weighted by Crippen LogP contribution is 2.31. The van der Waals surface area contributed by atoms with E-state index in [1.54, 1.807) is 18.2 Å². The number of alkyl halides is 3. The van der Waals surface area contributed by atoms with Crippen LogP contribution in [0.15, 0.2) is 42.5 Å². The minimum atomic E-state index is -4.47. The molecule has 2 aromatic carbocycles. The maximum Gasteiger partial charge on any atom is 0.492 e. The van der Waals surface area contributed by atoms with Gasteiger partial charge in [-0.1, -0.05) is 18.2 Å². The van der Waals surface area contributed by atoms with Gasteiger partial charge in [0.2, 0.25) is 11.8 Å². The summed E-state index contributed by atoms with van der Waals surface area (Å²) in [6, 6.07) is 7.74. The lowest BCUT2D eigenvalue weighted by Crippen LogP contribution is -2.52. The number of aliphatic hydroxyl groups excluding tert-OH is 1. The number of nitrogens with zero attached hydrogens (tertiary/aromatic N) is 1. The monoisotopic (exact) mass is 622 g/mol. The number of aliphatic hydroxyl groups is 1. The number of carbonyl (C=O) groups is 2. The number of hydrogen-bond acceptors (Lipinski definition) is 9. The molecule has 11 nitrogen and oxygen atoms in total. The van der Waals surface area contributed by atoms with Gasteiger partial charge in [-0.15, -0.1) is 0 Å². The van der Waals surface area contributed by atoms with Crippen molar-refractivity contribution in [2.24, 2.45) is 17.2 Å². The summed E-state index contributed by atoms with van der Waals surface area (Å²) >= 11 is 0. The molecule has 0 aliphatic carbocycles. The molecule has 0 radical (unpaired) electrons. The maximum atomic E-state index is 13.1. The Hall–Kier alpha value is -3.21. The summed E-state index contributed by atoms with van der Waals surface area (Å²) < 4.78 is 44.6. The van der Waals surface area contributed by atoms with Crippen molar-refractivity contribution in [3.63, 3.8) is 0 Å². The van der Waals surface area contributed by atoms with E-state index < -0.39 is 48.7 Å². The number of benzene rings is 2. The summed E-state index contributed by atoms with van der Waals surface area (Å²) in [4.78, 5) is 27.1. The molecule has 15 heteroatoms. The standard InChI is InChI=1S/C29H42BF3N6O5/c1-28(2)21-9-8-20(17-22(21)30(43)44-28)37-27(42)24(11-5-18-3-6-19(7-4-18)29(31,32)33)38-26(41)23(36)10-12-25(40)39(15-13-34)16-14-35/h3-4,6-9,17,23-24,27,37,42-43H,5,10-16,34-36H2,1-2H3,(H,38,41)/t23-,24+,27?/m0/s1. The van der Waals surface area contributed by atoms with Crippen LogP contribution in [0.5, 0.6) is 0 Å². The van der Waals surface area contributed by atoms with Gasteiger partial charge in [0.05, 0.1) is 23.2 Å². The average Bonchev–Trinajstić information content (AvgIpc) is 3.20. The van der Waals surface area contributed by atoms with E-state index in [0.29, 0.717) is 29.8 Å². The number of nitrogens with two attached hydrogens (primary N) is 3. The van der Waals surface area contributed by atoms with Gasteiger partial charge in [0.15, 0.2) is 0 Å². The van der Waals surface area contributed by atoms with Crippen molar-refractivity contribution in [1.29, 1.82) is 0 Å². The van der Waals surface area contributed by atoms with E-state index >= 15 is 0 Å². The lowest BCUT2D eigenvalue weighted by molar-refractivity contribution is -0.137. The number of carbonyl (C=O) groups excluding carboxylic acids is 2. The van der Waals surface area contributed by atoms with Crippen LogP contribution in [0, 0.1) is 0 Å². The van der Waals surface area contributed by atoms with Crippen LogP contribution in [-0.2, 0) is 32.4 Å². The summed E-state index contributed by atoms with van der Waals surface area (Å²) in [5.41, 5.74) is 18.1. The molecule has 1 aliphatic heterocycles. The summed E-state index contributed by atoms with van der Waals surface area (Å²) in [5, 5.41) is 27.1. The molecule has 1 heterocycles. The topological polar surface area (TPSA) is 189 Å². The molecule has 1 unspecified atom stereocenters. The highest BCUT2D eigenvalue weighted by Gasteiger charge is 2.40. The second-order valence-electron chi connectivity index (χ2n) is 11.3. The fraction of sp³-hybridized carbons (Fsp3) is 0.517. The van der Waals surface area contributed by atoms with Gasteiger partial charge in [0, 0.05) is 38.3 Å². The van der Waals surface area contributed by atoms with Gasteiger partial charge in [-0.3, -0.25) is 9.59 Å². The summed E-state index contributed by atoms with van der Waals surface area (Å²) in [6.45, 7) is 4.81. The van der Waals surface area contributed by atoms with E-state index in [0.717, 1.165) is 17.7 Å². The smallest absolute Gasteiger partial charge is 0.423 e. The summed E-state index contributed by atoms with van der Waals surface area (Å²) in [7, 11) is -1.15. The number of hydrogen-bond donors (Lipinski definition) is 7. The fourth-order valence-corrected chi connectivity index (χ4v) is 5.10. The molecule has 0 aromatic heterocycles. The number of amides is 2. The van der Waals surface area contributed by atoms with Crippen LogP contribution < -0.4 is 33.3 Å². The molecule has 0 saturated heterocycles. The van der Waals surface area contributed by atoms with E-state index in [-0.39, 0.29) is 44.7 Å². The Balaban J connectivity index is 1.71. The minimum absolute atomic E-state index is 0.0124. The third-order valence-electron chi connectivity index (χ3n) is 7.58. The Labute approximate surface area is 255 Å². The van der Waals surface area contributed by atoms with Crippen molar-refractivity contribution >= 4 is 30.1 Å². The highest BCUT2D eigenvalue weighted by molar-refractivity contribution is 6.62. The first-order valence-corrected chi connectivity index (χ1v) is 14.5. The minimum Gasteiger partial charge on any atom is -0.423 e. The number of aryl methyl sites for hydroxylation is 1. The molecule has 0 saturated carbocycles. The Morgan fingerprint density at radius 2 is 1.70 bits per heavy atom. The number of nitrogens with one attached hydrogen (secondary N) is 2. The van der Waals surface area contributed by atoms with Crippen LogP contribution in [0.4, 0.5) is 18.9 Å². The Kier molecular flexibility index (Phi) is 12.2. The van der Waals surface area contributed by atoms with Crippen molar-refractivity contribution in [3.8, 4) is 0 Å². The number of anilines is 1. The van der Waals surface area contributed by atoms with Gasteiger partial charge in [0.1, 0.15) is 6.23 Å². The van der Waals surface area contributed by atoms with E-state index in [4.69, 9.17) is 21.9 Å². The molecule has 0 fully saturated rings. The van der Waals surface area contributed by atoms with Crippen molar-refractivity contribution < 1.29 is 37.5 Å². The van der Waals surface area contributed by atoms with Gasteiger partial charge >= 0.3 is 13.3 Å². The van der Waals surface area contributed by atoms with Crippen LogP contribution in [-0.4, -0.2) is 78.5 Å². The van der Waals surface area contributed by atoms with Crippen LogP contribution in [0.1, 0.15) is 49.8 Å². The molecule has 242 valence electrons. The van der Waals surface area contributed by atoms with Crippen molar-refractivity contribution in [1.82, 2.24) is 10.2 Å². The van der Waals surface area contributed by atoms with Gasteiger partial charge in [-0.2, -0.15) is 13.2 Å². The van der Waals surface area contributed by atoms with Crippen LogP contribution in [0.2, 0.25) is 0 Å². The molecule has 10 N–H and O–H groups in total. The third-order valence-corrected chi connectivity index (χ3v) is 7.58. The van der Waals surface area contributed by atoms with Crippen LogP contribution in [0.25, 0.3) is 0 Å². The second-order valence-corrected chi connectivity index (χ2v) is 11.3. The molecule has 0 spiro atoms. The summed E-state index contributed by atoms with van der Waals surface area (Å²) in [6.07, 6.45) is -5.43. The second kappa shape index (κ2) is 15.2. The van der Waals surface area contributed by atoms with Gasteiger partial charge < -0.3 is 47.5 Å². The van der Waals surface area contributed by atoms with Gasteiger partial charge in [-0.25, -0.2) is 0 Å². The van der Waals surface area contributed by atoms with Crippen molar-refractivity contribution in [2.75, 3.05) is 31.5 Å². The first kappa shape index (κ1) is 35.3. The Bertz CT molecular complexity index is 1260.